The fraction of sp³-hybridized carbons (Fsp3) is 0.611. The summed E-state index contributed by atoms with van der Waals surface area (Å²) in [4.78, 5) is 12.2. The van der Waals surface area contributed by atoms with E-state index in [9.17, 15) is 4.79 Å². The summed E-state index contributed by atoms with van der Waals surface area (Å²) in [6.07, 6.45) is 4.67. The zero-order valence-corrected chi connectivity index (χ0v) is 13.2. The molecule has 1 saturated carbocycles. The highest BCUT2D eigenvalue weighted by atomic mass is 16.1. The van der Waals surface area contributed by atoms with E-state index in [1.165, 1.54) is 18.4 Å². The highest BCUT2D eigenvalue weighted by molar-refractivity contribution is 5.94. The van der Waals surface area contributed by atoms with Crippen molar-refractivity contribution in [3.05, 3.63) is 35.4 Å². The van der Waals surface area contributed by atoms with Gasteiger partial charge in [0.2, 0.25) is 0 Å². The molecule has 20 heavy (non-hydrogen) atoms. The first kappa shape index (κ1) is 15.1. The number of aryl methyl sites for hydroxylation is 1. The number of carbonyl (C=O) groups is 1. The summed E-state index contributed by atoms with van der Waals surface area (Å²) in [5.41, 5.74) is 2.35. The molecule has 1 aromatic rings. The van der Waals surface area contributed by atoms with Crippen molar-refractivity contribution in [1.29, 1.82) is 0 Å². The van der Waals surface area contributed by atoms with Crippen LogP contribution in [0.3, 0.4) is 0 Å². The van der Waals surface area contributed by atoms with Gasteiger partial charge in [-0.05, 0) is 56.1 Å². The molecule has 0 atom stereocenters. The lowest BCUT2D eigenvalue weighted by atomic mass is 9.71. The Morgan fingerprint density at radius 3 is 2.10 bits per heavy atom. The van der Waals surface area contributed by atoms with Crippen molar-refractivity contribution in [2.45, 2.75) is 59.4 Å². The molecule has 2 rings (SSSR count). The van der Waals surface area contributed by atoms with Crippen LogP contribution in [0.4, 0.5) is 0 Å². The Balaban J connectivity index is 1.86. The fourth-order valence-corrected chi connectivity index (χ4v) is 3.08. The molecule has 1 amide bonds. The van der Waals surface area contributed by atoms with Gasteiger partial charge >= 0.3 is 0 Å². The third-order valence-corrected chi connectivity index (χ3v) is 4.60. The van der Waals surface area contributed by atoms with Crippen molar-refractivity contribution in [3.8, 4) is 0 Å². The number of nitrogens with one attached hydrogen (secondary N) is 1. The molecule has 2 nitrogen and oxygen atoms in total. The molecule has 0 radical (unpaired) electrons. The molecule has 110 valence electrons. The second-order valence-corrected chi connectivity index (χ2v) is 7.25. The van der Waals surface area contributed by atoms with Crippen LogP contribution in [0.1, 0.15) is 62.4 Å². The van der Waals surface area contributed by atoms with Gasteiger partial charge in [0.25, 0.3) is 5.91 Å². The minimum atomic E-state index is 0.0733. The second-order valence-electron chi connectivity index (χ2n) is 7.25. The van der Waals surface area contributed by atoms with E-state index in [1.807, 2.05) is 31.2 Å². The van der Waals surface area contributed by atoms with Crippen molar-refractivity contribution in [2.24, 2.45) is 11.3 Å². The lowest BCUT2D eigenvalue weighted by Gasteiger charge is -2.37. The summed E-state index contributed by atoms with van der Waals surface area (Å²) in [5, 5.41) is 3.19. The first-order chi connectivity index (χ1) is 9.36. The van der Waals surface area contributed by atoms with Gasteiger partial charge < -0.3 is 5.32 Å². The minimum absolute atomic E-state index is 0.0733. The molecular formula is C18H27NO. The van der Waals surface area contributed by atoms with E-state index in [-0.39, 0.29) is 5.91 Å². The van der Waals surface area contributed by atoms with E-state index < -0.39 is 0 Å². The topological polar surface area (TPSA) is 29.1 Å². The summed E-state index contributed by atoms with van der Waals surface area (Å²) >= 11 is 0. The summed E-state index contributed by atoms with van der Waals surface area (Å²) in [5.74, 6) is 0.860. The molecular weight excluding hydrogens is 246 g/mol. The molecule has 0 aliphatic heterocycles. The van der Waals surface area contributed by atoms with Crippen LogP contribution in [0.2, 0.25) is 0 Å². The van der Waals surface area contributed by atoms with Crippen molar-refractivity contribution in [2.75, 3.05) is 0 Å². The SMILES string of the molecule is Cc1ccc(C(=O)NC2CCC(C(C)(C)C)CC2)cc1. The largest absolute Gasteiger partial charge is 0.349 e. The van der Waals surface area contributed by atoms with Crippen molar-refractivity contribution in [1.82, 2.24) is 5.32 Å². The number of benzene rings is 1. The lowest BCUT2D eigenvalue weighted by Crippen LogP contribution is -2.39. The van der Waals surface area contributed by atoms with Gasteiger partial charge in [0.15, 0.2) is 0 Å². The third kappa shape index (κ3) is 3.84. The molecule has 0 heterocycles. The summed E-state index contributed by atoms with van der Waals surface area (Å²) in [7, 11) is 0. The smallest absolute Gasteiger partial charge is 0.251 e. The Bertz CT molecular complexity index is 447. The first-order valence-electron chi connectivity index (χ1n) is 7.74. The average molecular weight is 273 g/mol. The summed E-state index contributed by atoms with van der Waals surface area (Å²) < 4.78 is 0. The van der Waals surface area contributed by atoms with Gasteiger partial charge in [-0.1, -0.05) is 38.5 Å². The quantitative estimate of drug-likeness (QED) is 0.853. The van der Waals surface area contributed by atoms with Gasteiger partial charge in [-0.25, -0.2) is 0 Å². The Kier molecular flexibility index (Phi) is 4.52. The molecule has 1 aliphatic carbocycles. The molecule has 0 saturated heterocycles. The van der Waals surface area contributed by atoms with Gasteiger partial charge in [0.05, 0.1) is 0 Å². The van der Waals surface area contributed by atoms with Gasteiger partial charge in [0, 0.05) is 11.6 Å². The molecule has 1 aliphatic rings. The van der Waals surface area contributed by atoms with E-state index in [1.54, 1.807) is 0 Å². The third-order valence-electron chi connectivity index (χ3n) is 4.60. The maximum absolute atomic E-state index is 12.2. The second kappa shape index (κ2) is 5.99. The highest BCUT2D eigenvalue weighted by Crippen LogP contribution is 2.37. The maximum Gasteiger partial charge on any atom is 0.251 e. The monoisotopic (exact) mass is 273 g/mol. The van der Waals surface area contributed by atoms with Crippen molar-refractivity contribution >= 4 is 5.91 Å². The summed E-state index contributed by atoms with van der Waals surface area (Å²) in [6.45, 7) is 9.00. The molecule has 0 bridgehead atoms. The average Bonchev–Trinajstić information content (AvgIpc) is 2.39. The van der Waals surface area contributed by atoms with E-state index in [2.05, 4.69) is 26.1 Å². The molecule has 1 fully saturated rings. The van der Waals surface area contributed by atoms with Crippen LogP contribution < -0.4 is 5.32 Å². The predicted molar refractivity (Wildman–Crippen MR) is 83.8 cm³/mol. The zero-order chi connectivity index (χ0) is 14.8. The molecule has 1 aromatic carbocycles. The van der Waals surface area contributed by atoms with Crippen LogP contribution >= 0.6 is 0 Å². The van der Waals surface area contributed by atoms with E-state index in [4.69, 9.17) is 0 Å². The molecule has 0 unspecified atom stereocenters. The predicted octanol–water partition coefficient (Wildman–Crippen LogP) is 4.33. The van der Waals surface area contributed by atoms with E-state index in [0.29, 0.717) is 11.5 Å². The lowest BCUT2D eigenvalue weighted by molar-refractivity contribution is 0.0904. The van der Waals surface area contributed by atoms with E-state index >= 15 is 0 Å². The van der Waals surface area contributed by atoms with Crippen molar-refractivity contribution in [3.63, 3.8) is 0 Å². The fourth-order valence-electron chi connectivity index (χ4n) is 3.08. The Morgan fingerprint density at radius 1 is 1.05 bits per heavy atom. The van der Waals surface area contributed by atoms with Crippen LogP contribution in [-0.4, -0.2) is 11.9 Å². The Hall–Kier alpha value is -1.31. The van der Waals surface area contributed by atoms with Crippen LogP contribution in [0.25, 0.3) is 0 Å². The van der Waals surface area contributed by atoms with Crippen LogP contribution in [0.5, 0.6) is 0 Å². The van der Waals surface area contributed by atoms with Crippen molar-refractivity contribution < 1.29 is 4.79 Å². The molecule has 2 heteroatoms. The number of rotatable bonds is 2. The number of hydrogen-bond donors (Lipinski definition) is 1. The Morgan fingerprint density at radius 2 is 1.60 bits per heavy atom. The standard InChI is InChI=1S/C18H27NO/c1-13-5-7-14(8-6-13)17(20)19-16-11-9-15(10-12-16)18(2,3)4/h5-8,15-16H,9-12H2,1-4H3,(H,19,20). The van der Waals surface area contributed by atoms with Gasteiger partial charge in [-0.2, -0.15) is 0 Å². The van der Waals surface area contributed by atoms with Crippen LogP contribution in [-0.2, 0) is 0 Å². The minimum Gasteiger partial charge on any atom is -0.349 e. The van der Waals surface area contributed by atoms with E-state index in [0.717, 1.165) is 24.3 Å². The Labute approximate surface area is 123 Å². The first-order valence-corrected chi connectivity index (χ1v) is 7.74. The van der Waals surface area contributed by atoms with Crippen LogP contribution in [0, 0.1) is 18.3 Å². The van der Waals surface area contributed by atoms with Gasteiger partial charge in [-0.3, -0.25) is 4.79 Å². The number of hydrogen-bond acceptors (Lipinski definition) is 1. The molecule has 1 N–H and O–H groups in total. The van der Waals surface area contributed by atoms with Gasteiger partial charge in [0.1, 0.15) is 0 Å². The molecule has 0 spiro atoms. The maximum atomic E-state index is 12.2. The molecule has 0 aromatic heterocycles. The zero-order valence-electron chi connectivity index (χ0n) is 13.2. The normalized spacial score (nSPS) is 23.4. The number of carbonyl (C=O) groups excluding carboxylic acids is 1. The summed E-state index contributed by atoms with van der Waals surface area (Å²) in [6, 6.07) is 8.15. The number of amides is 1. The highest BCUT2D eigenvalue weighted by Gasteiger charge is 2.30. The van der Waals surface area contributed by atoms with Crippen LogP contribution in [0.15, 0.2) is 24.3 Å². The van der Waals surface area contributed by atoms with Gasteiger partial charge in [-0.15, -0.1) is 0 Å².